The zero-order valence-corrected chi connectivity index (χ0v) is 5.98. The molecule has 0 saturated heterocycles. The van der Waals surface area contributed by atoms with Gasteiger partial charge < -0.3 is 10.2 Å². The van der Waals surface area contributed by atoms with Crippen LogP contribution in [0.5, 0.6) is 0 Å². The van der Waals surface area contributed by atoms with Gasteiger partial charge in [0.15, 0.2) is 0 Å². The fourth-order valence-electron chi connectivity index (χ4n) is 0.279. The first-order valence-electron chi connectivity index (χ1n) is 2.60. The minimum atomic E-state index is -0.357. The molecule has 0 radical (unpaired) electrons. The average molecular weight is 136 g/mol. The molecule has 0 amide bonds. The molecule has 0 aromatic heterocycles. The van der Waals surface area contributed by atoms with Crippen LogP contribution in [0.1, 0.15) is 13.8 Å². The van der Waals surface area contributed by atoms with Crippen molar-refractivity contribution in [2.24, 2.45) is 0 Å². The second-order valence-corrected chi connectivity index (χ2v) is 3.13. The van der Waals surface area contributed by atoms with E-state index in [0.29, 0.717) is 5.75 Å². The van der Waals surface area contributed by atoms with Gasteiger partial charge >= 0.3 is 0 Å². The molecule has 0 rings (SSSR count). The predicted octanol–water partition coefficient (Wildman–Crippen LogP) is 0.439. The third-order valence-corrected chi connectivity index (χ3v) is 1.74. The molecule has 3 heteroatoms. The van der Waals surface area contributed by atoms with Gasteiger partial charge in [0.25, 0.3) is 0 Å². The van der Waals surface area contributed by atoms with E-state index in [0.717, 1.165) is 0 Å². The average Bonchev–Trinajstić information content (AvgIpc) is 1.61. The highest BCUT2D eigenvalue weighted by atomic mass is 32.2. The van der Waals surface area contributed by atoms with Gasteiger partial charge in [-0.25, -0.2) is 0 Å². The molecule has 2 N–H and O–H groups in total. The molecule has 8 heavy (non-hydrogen) atoms. The fraction of sp³-hybridized carbons (Fsp3) is 1.00. The van der Waals surface area contributed by atoms with Crippen LogP contribution in [0, 0.1) is 0 Å². The molecule has 0 aliphatic carbocycles. The molecule has 0 spiro atoms. The molecule has 0 aromatic carbocycles. The van der Waals surface area contributed by atoms with Crippen molar-refractivity contribution in [1.82, 2.24) is 0 Å². The van der Waals surface area contributed by atoms with Crippen molar-refractivity contribution in [2.45, 2.75) is 25.4 Å². The van der Waals surface area contributed by atoms with E-state index in [2.05, 4.69) is 0 Å². The Morgan fingerprint density at radius 1 is 1.38 bits per heavy atom. The molecular weight excluding hydrogens is 124 g/mol. The molecule has 0 aromatic rings. The fourth-order valence-corrected chi connectivity index (χ4v) is 0.836. The number of aliphatic hydroxyl groups excluding tert-OH is 2. The highest BCUT2D eigenvalue weighted by Gasteiger charge is 1.98. The van der Waals surface area contributed by atoms with Crippen LogP contribution in [0.4, 0.5) is 0 Å². The van der Waals surface area contributed by atoms with Gasteiger partial charge in [0.05, 0.1) is 11.5 Å². The Kier molecular flexibility index (Phi) is 4.32. The van der Waals surface area contributed by atoms with Gasteiger partial charge in [-0.1, -0.05) is 0 Å². The van der Waals surface area contributed by atoms with E-state index in [9.17, 15) is 0 Å². The number of hydrogen-bond donors (Lipinski definition) is 2. The summed E-state index contributed by atoms with van der Waals surface area (Å²) in [5.41, 5.74) is -0.357. The van der Waals surface area contributed by atoms with Crippen LogP contribution >= 0.6 is 11.8 Å². The van der Waals surface area contributed by atoms with E-state index in [1.807, 2.05) is 0 Å². The minimum absolute atomic E-state index is 0.311. The van der Waals surface area contributed by atoms with E-state index in [1.165, 1.54) is 11.8 Å². The first-order valence-corrected chi connectivity index (χ1v) is 3.65. The van der Waals surface area contributed by atoms with Gasteiger partial charge in [-0.2, -0.15) is 0 Å². The first kappa shape index (κ1) is 8.27. The zero-order valence-electron chi connectivity index (χ0n) is 5.16. The van der Waals surface area contributed by atoms with E-state index in [4.69, 9.17) is 10.2 Å². The van der Waals surface area contributed by atoms with Gasteiger partial charge in [0.2, 0.25) is 0 Å². The quantitative estimate of drug-likeness (QED) is 0.553. The zero-order chi connectivity index (χ0) is 6.57. The molecule has 0 aliphatic rings. The summed E-state index contributed by atoms with van der Waals surface area (Å²) < 4.78 is 0. The van der Waals surface area contributed by atoms with Gasteiger partial charge in [0, 0.05) is 5.75 Å². The Hall–Kier alpha value is 0.270. The predicted molar refractivity (Wildman–Crippen MR) is 35.8 cm³/mol. The van der Waals surface area contributed by atoms with Crippen molar-refractivity contribution in [3.05, 3.63) is 0 Å². The molecule has 0 saturated carbocycles. The molecular formula is C5H12O2S. The molecule has 2 unspecified atom stereocenters. The maximum absolute atomic E-state index is 8.67. The number of rotatable bonds is 3. The highest BCUT2D eigenvalue weighted by Crippen LogP contribution is 2.07. The molecule has 0 heterocycles. The Morgan fingerprint density at radius 2 is 1.88 bits per heavy atom. The van der Waals surface area contributed by atoms with Crippen molar-refractivity contribution < 1.29 is 10.2 Å². The summed E-state index contributed by atoms with van der Waals surface area (Å²) in [7, 11) is 0. The van der Waals surface area contributed by atoms with E-state index >= 15 is 0 Å². The summed E-state index contributed by atoms with van der Waals surface area (Å²) in [6.45, 7) is 3.39. The summed E-state index contributed by atoms with van der Waals surface area (Å²) in [6.07, 6.45) is -0.311. The first-order chi connectivity index (χ1) is 3.63. The van der Waals surface area contributed by atoms with Crippen LogP contribution in [0.15, 0.2) is 0 Å². The van der Waals surface area contributed by atoms with Crippen molar-refractivity contribution in [3.8, 4) is 0 Å². The van der Waals surface area contributed by atoms with Gasteiger partial charge in [-0.15, -0.1) is 11.8 Å². The van der Waals surface area contributed by atoms with Crippen molar-refractivity contribution in [1.29, 1.82) is 0 Å². The minimum Gasteiger partial charge on any atom is -0.393 e. The lowest BCUT2D eigenvalue weighted by Crippen LogP contribution is -2.06. The third-order valence-electron chi connectivity index (χ3n) is 0.579. The second-order valence-electron chi connectivity index (χ2n) is 1.78. The molecule has 2 atom stereocenters. The summed E-state index contributed by atoms with van der Waals surface area (Å²) >= 11 is 1.34. The largest absolute Gasteiger partial charge is 0.393 e. The van der Waals surface area contributed by atoms with Crippen LogP contribution in [-0.4, -0.2) is 27.5 Å². The molecule has 50 valence electrons. The Bertz CT molecular complexity index is 46.4. The number of hydrogen-bond acceptors (Lipinski definition) is 3. The summed E-state index contributed by atoms with van der Waals surface area (Å²) in [4.78, 5) is 0. The van der Waals surface area contributed by atoms with E-state index in [-0.39, 0.29) is 11.5 Å². The number of thioether (sulfide) groups is 1. The maximum Gasteiger partial charge on any atom is 0.0965 e. The highest BCUT2D eigenvalue weighted by molar-refractivity contribution is 7.99. The van der Waals surface area contributed by atoms with Crippen molar-refractivity contribution in [3.63, 3.8) is 0 Å². The van der Waals surface area contributed by atoms with Crippen LogP contribution < -0.4 is 0 Å². The summed E-state index contributed by atoms with van der Waals surface area (Å²) in [6, 6.07) is 0. The van der Waals surface area contributed by atoms with Crippen LogP contribution in [0.25, 0.3) is 0 Å². The van der Waals surface area contributed by atoms with Crippen LogP contribution in [0.2, 0.25) is 0 Å². The molecule has 0 aliphatic heterocycles. The topological polar surface area (TPSA) is 40.5 Å². The summed E-state index contributed by atoms with van der Waals surface area (Å²) in [5, 5.41) is 17.3. The van der Waals surface area contributed by atoms with E-state index in [1.54, 1.807) is 13.8 Å². The Morgan fingerprint density at radius 3 is 2.00 bits per heavy atom. The molecule has 0 bridgehead atoms. The van der Waals surface area contributed by atoms with Crippen LogP contribution in [-0.2, 0) is 0 Å². The molecule has 2 nitrogen and oxygen atoms in total. The smallest absolute Gasteiger partial charge is 0.0965 e. The van der Waals surface area contributed by atoms with Crippen molar-refractivity contribution >= 4 is 11.8 Å². The lowest BCUT2D eigenvalue weighted by atomic mass is 10.5. The standard InChI is InChI=1S/C5H12O2S/c1-4(6)3-8-5(2)7/h4-7H,3H2,1-2H3. The maximum atomic E-state index is 8.67. The normalized spacial score (nSPS) is 18.0. The number of aliphatic hydroxyl groups is 2. The Labute approximate surface area is 53.9 Å². The van der Waals surface area contributed by atoms with Gasteiger partial charge in [-0.3, -0.25) is 0 Å². The van der Waals surface area contributed by atoms with Crippen LogP contribution in [0.3, 0.4) is 0 Å². The SMILES string of the molecule is CC(O)CSC(C)O. The summed E-state index contributed by atoms with van der Waals surface area (Å²) in [5.74, 6) is 0.609. The Balaban J connectivity index is 2.93. The van der Waals surface area contributed by atoms with E-state index < -0.39 is 0 Å². The third kappa shape index (κ3) is 6.27. The van der Waals surface area contributed by atoms with Crippen molar-refractivity contribution in [2.75, 3.05) is 5.75 Å². The van der Waals surface area contributed by atoms with Gasteiger partial charge in [-0.05, 0) is 13.8 Å². The molecule has 0 fully saturated rings. The lowest BCUT2D eigenvalue weighted by Gasteiger charge is -2.04. The van der Waals surface area contributed by atoms with Gasteiger partial charge in [0.1, 0.15) is 0 Å². The monoisotopic (exact) mass is 136 g/mol. The second kappa shape index (κ2) is 4.18. The lowest BCUT2D eigenvalue weighted by molar-refractivity contribution is 0.218.